The van der Waals surface area contributed by atoms with Crippen LogP contribution in [0, 0.1) is 0 Å². The predicted molar refractivity (Wildman–Crippen MR) is 67.2 cm³/mol. The summed E-state index contributed by atoms with van der Waals surface area (Å²) in [6, 6.07) is 0. The van der Waals surface area contributed by atoms with Gasteiger partial charge in [-0.05, 0) is 12.8 Å². The number of methoxy groups -OCH3 is 1. The van der Waals surface area contributed by atoms with Crippen LogP contribution < -0.4 is 0 Å². The third-order valence-electron chi connectivity index (χ3n) is 3.44. The highest BCUT2D eigenvalue weighted by molar-refractivity contribution is 7.09. The number of ether oxygens (including phenoxy) is 1. The van der Waals surface area contributed by atoms with Crippen LogP contribution in [0.15, 0.2) is 11.6 Å². The maximum Gasteiger partial charge on any atom is 0.248 e. The van der Waals surface area contributed by atoms with E-state index in [9.17, 15) is 4.79 Å². The summed E-state index contributed by atoms with van der Waals surface area (Å²) in [6.07, 6.45) is 3.82. The molecule has 17 heavy (non-hydrogen) atoms. The van der Waals surface area contributed by atoms with Gasteiger partial charge in [-0.1, -0.05) is 6.92 Å². The largest absolute Gasteiger partial charge is 0.375 e. The molecule has 1 aromatic heterocycles. The number of aromatic nitrogens is 1. The van der Waals surface area contributed by atoms with Crippen molar-refractivity contribution < 1.29 is 9.53 Å². The van der Waals surface area contributed by atoms with E-state index in [-0.39, 0.29) is 17.9 Å². The standard InChI is InChI=1S/C12H18N2O2S/c1-12(11-13-5-8-17-11)3-6-14(7-4-12)10(15)9-16-2/h5,8H,3-4,6-7,9H2,1-2H3. The summed E-state index contributed by atoms with van der Waals surface area (Å²) in [5.74, 6) is 0.0914. The molecule has 0 radical (unpaired) electrons. The number of amides is 1. The van der Waals surface area contributed by atoms with E-state index in [0.29, 0.717) is 0 Å². The molecule has 2 rings (SSSR count). The molecule has 94 valence electrons. The molecule has 0 N–H and O–H groups in total. The summed E-state index contributed by atoms with van der Waals surface area (Å²) in [5, 5.41) is 3.21. The Bertz CT molecular complexity index is 370. The number of thiazole rings is 1. The molecular formula is C12H18N2O2S. The van der Waals surface area contributed by atoms with Gasteiger partial charge in [0.2, 0.25) is 5.91 Å². The summed E-state index contributed by atoms with van der Waals surface area (Å²) in [6.45, 7) is 4.04. The van der Waals surface area contributed by atoms with Gasteiger partial charge in [0.1, 0.15) is 6.61 Å². The number of likely N-dealkylation sites (tertiary alicyclic amines) is 1. The fraction of sp³-hybridized carbons (Fsp3) is 0.667. The zero-order chi connectivity index (χ0) is 12.3. The van der Waals surface area contributed by atoms with Crippen molar-refractivity contribution in [1.29, 1.82) is 0 Å². The number of piperidine rings is 1. The molecule has 0 spiro atoms. The number of hydrogen-bond acceptors (Lipinski definition) is 4. The van der Waals surface area contributed by atoms with E-state index >= 15 is 0 Å². The van der Waals surface area contributed by atoms with E-state index in [1.807, 2.05) is 16.5 Å². The van der Waals surface area contributed by atoms with Crippen molar-refractivity contribution in [3.05, 3.63) is 16.6 Å². The first-order valence-electron chi connectivity index (χ1n) is 5.82. The molecule has 0 bridgehead atoms. The van der Waals surface area contributed by atoms with E-state index in [0.717, 1.165) is 25.9 Å². The van der Waals surface area contributed by atoms with E-state index in [1.165, 1.54) is 5.01 Å². The molecule has 1 amide bonds. The average molecular weight is 254 g/mol. The summed E-state index contributed by atoms with van der Waals surface area (Å²) >= 11 is 1.71. The number of carbonyl (C=O) groups excluding carboxylic acids is 1. The Morgan fingerprint density at radius 2 is 2.29 bits per heavy atom. The van der Waals surface area contributed by atoms with E-state index in [2.05, 4.69) is 11.9 Å². The number of hydrogen-bond donors (Lipinski definition) is 0. The fourth-order valence-corrected chi connectivity index (χ4v) is 3.06. The second-order valence-electron chi connectivity index (χ2n) is 4.71. The molecule has 0 atom stereocenters. The Balaban J connectivity index is 1.96. The normalized spacial score (nSPS) is 19.3. The Labute approximate surface area is 106 Å². The van der Waals surface area contributed by atoms with Crippen LogP contribution in [0.4, 0.5) is 0 Å². The number of nitrogens with zero attached hydrogens (tertiary/aromatic N) is 2. The zero-order valence-electron chi connectivity index (χ0n) is 10.3. The minimum Gasteiger partial charge on any atom is -0.375 e. The van der Waals surface area contributed by atoms with Crippen molar-refractivity contribution >= 4 is 17.2 Å². The Morgan fingerprint density at radius 1 is 1.59 bits per heavy atom. The third-order valence-corrected chi connectivity index (χ3v) is 4.52. The molecule has 0 aliphatic carbocycles. The van der Waals surface area contributed by atoms with Crippen molar-refractivity contribution in [1.82, 2.24) is 9.88 Å². The van der Waals surface area contributed by atoms with Gasteiger partial charge in [-0.3, -0.25) is 4.79 Å². The summed E-state index contributed by atoms with van der Waals surface area (Å²) in [7, 11) is 1.56. The van der Waals surface area contributed by atoms with Gasteiger partial charge in [0.25, 0.3) is 0 Å². The van der Waals surface area contributed by atoms with Crippen molar-refractivity contribution in [2.24, 2.45) is 0 Å². The lowest BCUT2D eigenvalue weighted by Gasteiger charge is -2.38. The van der Waals surface area contributed by atoms with Gasteiger partial charge in [0.05, 0.1) is 5.01 Å². The Morgan fingerprint density at radius 3 is 2.82 bits per heavy atom. The maximum absolute atomic E-state index is 11.7. The van der Waals surface area contributed by atoms with Gasteiger partial charge in [0.15, 0.2) is 0 Å². The quantitative estimate of drug-likeness (QED) is 0.824. The van der Waals surface area contributed by atoms with Crippen LogP contribution in [0.5, 0.6) is 0 Å². The van der Waals surface area contributed by atoms with Crippen molar-refractivity contribution in [2.75, 3.05) is 26.8 Å². The molecule has 2 heterocycles. The molecule has 4 nitrogen and oxygen atoms in total. The van der Waals surface area contributed by atoms with Crippen LogP contribution in [0.3, 0.4) is 0 Å². The SMILES string of the molecule is COCC(=O)N1CCC(C)(c2nccs2)CC1. The second kappa shape index (κ2) is 5.14. The zero-order valence-corrected chi connectivity index (χ0v) is 11.1. The molecule has 0 saturated carbocycles. The van der Waals surface area contributed by atoms with Crippen molar-refractivity contribution in [3.8, 4) is 0 Å². The lowest BCUT2D eigenvalue weighted by molar-refractivity contribution is -0.136. The molecule has 5 heteroatoms. The molecule has 1 aliphatic heterocycles. The van der Waals surface area contributed by atoms with Gasteiger partial charge in [0, 0.05) is 37.2 Å². The molecule has 0 aromatic carbocycles. The number of carbonyl (C=O) groups is 1. The van der Waals surface area contributed by atoms with Crippen LogP contribution in [-0.2, 0) is 14.9 Å². The monoisotopic (exact) mass is 254 g/mol. The highest BCUT2D eigenvalue weighted by Crippen LogP contribution is 2.35. The molecule has 1 aromatic rings. The summed E-state index contributed by atoms with van der Waals surface area (Å²) in [5.41, 5.74) is 0.137. The van der Waals surface area contributed by atoms with Gasteiger partial charge >= 0.3 is 0 Å². The highest BCUT2D eigenvalue weighted by atomic mass is 32.1. The molecule has 1 fully saturated rings. The lowest BCUT2D eigenvalue weighted by atomic mass is 9.81. The van der Waals surface area contributed by atoms with E-state index in [1.54, 1.807) is 18.4 Å². The first kappa shape index (κ1) is 12.5. The minimum atomic E-state index is 0.0914. The van der Waals surface area contributed by atoms with E-state index < -0.39 is 0 Å². The van der Waals surface area contributed by atoms with Crippen LogP contribution in [0.25, 0.3) is 0 Å². The predicted octanol–water partition coefficient (Wildman–Crippen LogP) is 1.67. The van der Waals surface area contributed by atoms with E-state index in [4.69, 9.17) is 4.74 Å². The van der Waals surface area contributed by atoms with Gasteiger partial charge in [-0.25, -0.2) is 4.98 Å². The Kier molecular flexibility index (Phi) is 3.79. The fourth-order valence-electron chi connectivity index (χ4n) is 2.20. The lowest BCUT2D eigenvalue weighted by Crippen LogP contribution is -2.45. The number of rotatable bonds is 3. The van der Waals surface area contributed by atoms with Gasteiger partial charge in [-0.2, -0.15) is 0 Å². The molecule has 0 unspecified atom stereocenters. The first-order chi connectivity index (χ1) is 8.15. The maximum atomic E-state index is 11.7. The van der Waals surface area contributed by atoms with Crippen LogP contribution in [0.1, 0.15) is 24.8 Å². The van der Waals surface area contributed by atoms with Crippen molar-refractivity contribution in [2.45, 2.75) is 25.2 Å². The van der Waals surface area contributed by atoms with Crippen molar-refractivity contribution in [3.63, 3.8) is 0 Å². The van der Waals surface area contributed by atoms with Crippen LogP contribution in [-0.4, -0.2) is 42.6 Å². The smallest absolute Gasteiger partial charge is 0.248 e. The van der Waals surface area contributed by atoms with Gasteiger partial charge in [-0.15, -0.1) is 11.3 Å². The van der Waals surface area contributed by atoms with Crippen LogP contribution >= 0.6 is 11.3 Å². The second-order valence-corrected chi connectivity index (χ2v) is 5.61. The summed E-state index contributed by atoms with van der Waals surface area (Å²) in [4.78, 5) is 18.0. The molecule has 1 aliphatic rings. The molecule has 1 saturated heterocycles. The minimum absolute atomic E-state index is 0.0914. The first-order valence-corrected chi connectivity index (χ1v) is 6.70. The third kappa shape index (κ3) is 2.66. The molecular weight excluding hydrogens is 236 g/mol. The Hall–Kier alpha value is -0.940. The highest BCUT2D eigenvalue weighted by Gasteiger charge is 2.34. The van der Waals surface area contributed by atoms with Gasteiger partial charge < -0.3 is 9.64 Å². The topological polar surface area (TPSA) is 42.4 Å². The summed E-state index contributed by atoms with van der Waals surface area (Å²) < 4.78 is 4.88. The average Bonchev–Trinajstić information content (AvgIpc) is 2.84. The van der Waals surface area contributed by atoms with Crippen LogP contribution in [0.2, 0.25) is 0 Å².